The first-order valence-electron chi connectivity index (χ1n) is 13.1. The van der Waals surface area contributed by atoms with Gasteiger partial charge in [0.2, 0.25) is 0 Å². The van der Waals surface area contributed by atoms with Crippen molar-refractivity contribution in [2.75, 3.05) is 12.4 Å². The molecule has 0 aliphatic heterocycles. The molecule has 5 rings (SSSR count). The smallest absolute Gasteiger partial charge is 0.284 e. The van der Waals surface area contributed by atoms with Crippen LogP contribution in [-0.4, -0.2) is 38.6 Å². The molecule has 0 saturated carbocycles. The van der Waals surface area contributed by atoms with Crippen LogP contribution in [0.25, 0.3) is 16.6 Å². The van der Waals surface area contributed by atoms with Gasteiger partial charge >= 0.3 is 0 Å². The number of anilines is 1. The summed E-state index contributed by atoms with van der Waals surface area (Å²) in [4.78, 5) is 31.1. The quantitative estimate of drug-likeness (QED) is 0.250. The number of ether oxygens (including phenoxy) is 2. The van der Waals surface area contributed by atoms with Gasteiger partial charge in [0.1, 0.15) is 17.1 Å². The van der Waals surface area contributed by atoms with Gasteiger partial charge in [-0.15, -0.1) is 0 Å². The number of methoxy groups -OCH3 is 1. The molecule has 0 bridgehead atoms. The first-order valence-corrected chi connectivity index (χ1v) is 13.1. The van der Waals surface area contributed by atoms with E-state index in [1.807, 2.05) is 13.0 Å². The number of para-hydroxylation sites is 1. The number of hydrogen-bond donors (Lipinski definition) is 2. The molecule has 41 heavy (non-hydrogen) atoms. The molecule has 0 radical (unpaired) electrons. The van der Waals surface area contributed by atoms with Gasteiger partial charge in [-0.05, 0) is 55.8 Å². The van der Waals surface area contributed by atoms with Crippen LogP contribution in [0.2, 0.25) is 0 Å². The van der Waals surface area contributed by atoms with Crippen molar-refractivity contribution in [2.45, 2.75) is 32.9 Å². The molecule has 2 N–H and O–H groups in total. The normalized spacial score (nSPS) is 11.8. The van der Waals surface area contributed by atoms with E-state index in [-0.39, 0.29) is 23.5 Å². The first-order chi connectivity index (χ1) is 19.8. The summed E-state index contributed by atoms with van der Waals surface area (Å²) in [6.45, 7) is 3.60. The number of aromatic nitrogens is 3. The molecule has 10 heteroatoms. The third-order valence-electron chi connectivity index (χ3n) is 6.80. The van der Waals surface area contributed by atoms with Gasteiger partial charge in [0.05, 0.1) is 36.7 Å². The second-order valence-corrected chi connectivity index (χ2v) is 9.45. The third kappa shape index (κ3) is 5.55. The van der Waals surface area contributed by atoms with E-state index in [1.165, 1.54) is 16.8 Å². The molecule has 1 atom stereocenters. The Hall–Kier alpha value is -4.96. The van der Waals surface area contributed by atoms with Gasteiger partial charge in [0, 0.05) is 29.4 Å². The molecular weight excluding hydrogens is 527 g/mol. The fourth-order valence-electron chi connectivity index (χ4n) is 4.57. The number of halogens is 1. The molecular formula is C31H29FN4O5. The largest absolute Gasteiger partial charge is 0.497 e. The van der Waals surface area contributed by atoms with Crippen LogP contribution in [0, 0.1) is 12.7 Å². The number of nitrogens with zero attached hydrogens (tertiary/aromatic N) is 3. The van der Waals surface area contributed by atoms with Crippen molar-refractivity contribution < 1.29 is 23.8 Å². The SMILES string of the molecule is CCC(O)Cn1c(C)c(C(=O)Nc2ccc(Oc3ccnc4cc(OC)ccc34)c(F)c2)c(=O)n1-c1ccccc1. The Morgan fingerprint density at radius 1 is 1.07 bits per heavy atom. The van der Waals surface area contributed by atoms with Gasteiger partial charge in [-0.1, -0.05) is 25.1 Å². The van der Waals surface area contributed by atoms with E-state index in [4.69, 9.17) is 9.47 Å². The van der Waals surface area contributed by atoms with Crippen LogP contribution in [-0.2, 0) is 6.54 Å². The highest BCUT2D eigenvalue weighted by atomic mass is 19.1. The Kier molecular flexibility index (Phi) is 7.84. The van der Waals surface area contributed by atoms with Crippen molar-refractivity contribution in [1.82, 2.24) is 14.3 Å². The van der Waals surface area contributed by atoms with Crippen molar-refractivity contribution in [2.24, 2.45) is 0 Å². The van der Waals surface area contributed by atoms with Crippen molar-refractivity contribution in [3.63, 3.8) is 0 Å². The van der Waals surface area contributed by atoms with Gasteiger partial charge < -0.3 is 19.9 Å². The lowest BCUT2D eigenvalue weighted by Crippen LogP contribution is -2.27. The van der Waals surface area contributed by atoms with Gasteiger partial charge in [0.15, 0.2) is 11.6 Å². The van der Waals surface area contributed by atoms with E-state index >= 15 is 4.39 Å². The number of pyridine rings is 1. The summed E-state index contributed by atoms with van der Waals surface area (Å²) in [5, 5.41) is 13.6. The number of nitrogens with one attached hydrogen (secondary N) is 1. The second kappa shape index (κ2) is 11.6. The molecule has 0 saturated heterocycles. The molecule has 210 valence electrons. The molecule has 5 aromatic rings. The number of aliphatic hydroxyl groups excluding tert-OH is 1. The maximum atomic E-state index is 15.1. The second-order valence-electron chi connectivity index (χ2n) is 9.45. The predicted octanol–water partition coefficient (Wildman–Crippen LogP) is 5.46. The van der Waals surface area contributed by atoms with Crippen molar-refractivity contribution in [1.29, 1.82) is 0 Å². The molecule has 2 aromatic heterocycles. The molecule has 0 aliphatic carbocycles. The summed E-state index contributed by atoms with van der Waals surface area (Å²) in [6.07, 6.45) is 1.31. The topological polar surface area (TPSA) is 108 Å². The maximum Gasteiger partial charge on any atom is 0.284 e. The molecule has 0 fully saturated rings. The molecule has 0 spiro atoms. The number of hydrogen-bond acceptors (Lipinski definition) is 6. The lowest BCUT2D eigenvalue weighted by molar-refractivity contribution is 0.102. The monoisotopic (exact) mass is 556 g/mol. The first kappa shape index (κ1) is 27.6. The number of aliphatic hydroxyl groups is 1. The summed E-state index contributed by atoms with van der Waals surface area (Å²) in [5.41, 5.74) is 1.06. The summed E-state index contributed by atoms with van der Waals surface area (Å²) in [5.74, 6) is -0.405. The molecule has 1 amide bonds. The van der Waals surface area contributed by atoms with Gasteiger partial charge in [-0.25, -0.2) is 9.07 Å². The fourth-order valence-corrected chi connectivity index (χ4v) is 4.57. The Bertz CT molecular complexity index is 1780. The average Bonchev–Trinajstić information content (AvgIpc) is 3.22. The summed E-state index contributed by atoms with van der Waals surface area (Å²) < 4.78 is 29.2. The Morgan fingerprint density at radius 3 is 2.56 bits per heavy atom. The van der Waals surface area contributed by atoms with Gasteiger partial charge in [-0.2, -0.15) is 0 Å². The number of fused-ring (bicyclic) bond motifs is 1. The van der Waals surface area contributed by atoms with E-state index in [9.17, 15) is 14.7 Å². The zero-order chi connectivity index (χ0) is 29.1. The minimum atomic E-state index is -0.715. The zero-order valence-electron chi connectivity index (χ0n) is 22.8. The van der Waals surface area contributed by atoms with Crippen LogP contribution in [0.5, 0.6) is 17.2 Å². The van der Waals surface area contributed by atoms with Crippen molar-refractivity contribution in [3.8, 4) is 22.9 Å². The number of carbonyl (C=O) groups is 1. The Balaban J connectivity index is 1.42. The van der Waals surface area contributed by atoms with Crippen LogP contribution in [0.1, 0.15) is 29.4 Å². The predicted molar refractivity (Wildman–Crippen MR) is 154 cm³/mol. The number of rotatable bonds is 9. The highest BCUT2D eigenvalue weighted by Crippen LogP contribution is 2.33. The number of carbonyl (C=O) groups excluding carboxylic acids is 1. The standard InChI is InChI=1S/C31H29FN4O5/c1-4-22(37)18-35-19(2)29(31(39)36(35)21-8-6-5-7-9-21)30(38)34-20-10-13-28(25(32)16-20)41-27-14-15-33-26-17-23(40-3)11-12-24(26)27/h5-17,22,37H,4,18H2,1-3H3,(H,34,38). The number of amides is 1. The molecule has 9 nitrogen and oxygen atoms in total. The van der Waals surface area contributed by atoms with Gasteiger partial charge in [0.25, 0.3) is 11.5 Å². The maximum absolute atomic E-state index is 15.1. The van der Waals surface area contributed by atoms with E-state index < -0.39 is 23.4 Å². The van der Waals surface area contributed by atoms with Crippen LogP contribution in [0.15, 0.2) is 83.8 Å². The van der Waals surface area contributed by atoms with Crippen LogP contribution >= 0.6 is 0 Å². The molecule has 1 unspecified atom stereocenters. The van der Waals surface area contributed by atoms with E-state index in [2.05, 4.69) is 10.3 Å². The van der Waals surface area contributed by atoms with Crippen LogP contribution in [0.3, 0.4) is 0 Å². The number of benzene rings is 3. The fraction of sp³-hybridized carbons (Fsp3) is 0.194. The van der Waals surface area contributed by atoms with Gasteiger partial charge in [-0.3, -0.25) is 19.3 Å². The minimum absolute atomic E-state index is 0.0476. The Morgan fingerprint density at radius 2 is 1.85 bits per heavy atom. The van der Waals surface area contributed by atoms with Crippen molar-refractivity contribution in [3.05, 3.63) is 106 Å². The van der Waals surface area contributed by atoms with E-state index in [0.717, 1.165) is 6.07 Å². The lowest BCUT2D eigenvalue weighted by Gasteiger charge is -2.16. The lowest BCUT2D eigenvalue weighted by atomic mass is 10.2. The molecule has 2 heterocycles. The van der Waals surface area contributed by atoms with Crippen LogP contribution in [0.4, 0.5) is 10.1 Å². The highest BCUT2D eigenvalue weighted by molar-refractivity contribution is 6.05. The highest BCUT2D eigenvalue weighted by Gasteiger charge is 2.25. The van der Waals surface area contributed by atoms with E-state index in [0.29, 0.717) is 40.2 Å². The average molecular weight is 557 g/mol. The summed E-state index contributed by atoms with van der Waals surface area (Å²) in [6, 6.07) is 19.8. The van der Waals surface area contributed by atoms with Crippen molar-refractivity contribution >= 4 is 22.5 Å². The van der Waals surface area contributed by atoms with Crippen LogP contribution < -0.4 is 20.3 Å². The third-order valence-corrected chi connectivity index (χ3v) is 6.80. The molecule has 0 aliphatic rings. The van der Waals surface area contributed by atoms with E-state index in [1.54, 1.807) is 73.4 Å². The minimum Gasteiger partial charge on any atom is -0.497 e. The zero-order valence-corrected chi connectivity index (χ0v) is 22.8. The summed E-state index contributed by atoms with van der Waals surface area (Å²) >= 11 is 0. The summed E-state index contributed by atoms with van der Waals surface area (Å²) in [7, 11) is 1.56. The molecule has 3 aromatic carbocycles. The Labute approximate surface area is 235 Å².